The minimum Gasteiger partial charge on any atom is -0.364 e. The molecule has 3 rings (SSSR count). The standard InChI is InChI=1S/C17H18N6O.C4H10/c1-9(6-10(2)18)14-8-23(3)17(22-14)15-11-4-5-20-12(11)7-13(21-15)16(19)24;1-3-4-2/h4-8,18,20H,1-3H3,(H2,19,24);3-4H2,1-2H3/b9-6+,18-10?;. The molecule has 1 amide bonds. The highest BCUT2D eigenvalue weighted by Gasteiger charge is 2.17. The molecule has 0 atom stereocenters. The maximum Gasteiger partial charge on any atom is 0.267 e. The van der Waals surface area contributed by atoms with Crippen molar-refractivity contribution in [1.82, 2.24) is 19.5 Å². The van der Waals surface area contributed by atoms with Gasteiger partial charge in [0.15, 0.2) is 5.82 Å². The zero-order valence-corrected chi connectivity index (χ0v) is 17.1. The van der Waals surface area contributed by atoms with Crippen molar-refractivity contribution in [3.8, 4) is 11.5 Å². The maximum atomic E-state index is 11.6. The van der Waals surface area contributed by atoms with Crippen molar-refractivity contribution in [2.24, 2.45) is 12.8 Å². The van der Waals surface area contributed by atoms with Gasteiger partial charge >= 0.3 is 0 Å². The summed E-state index contributed by atoms with van der Waals surface area (Å²) >= 11 is 0. The molecule has 0 saturated carbocycles. The summed E-state index contributed by atoms with van der Waals surface area (Å²) in [4.78, 5) is 23.7. The summed E-state index contributed by atoms with van der Waals surface area (Å²) < 4.78 is 1.85. The van der Waals surface area contributed by atoms with E-state index in [1.165, 1.54) is 12.8 Å². The van der Waals surface area contributed by atoms with Crippen LogP contribution in [0.2, 0.25) is 0 Å². The van der Waals surface area contributed by atoms with Gasteiger partial charge in [0.2, 0.25) is 0 Å². The lowest BCUT2D eigenvalue weighted by Crippen LogP contribution is -2.13. The number of nitrogens with two attached hydrogens (primary N) is 1. The van der Waals surface area contributed by atoms with Crippen LogP contribution in [0.3, 0.4) is 0 Å². The molecule has 0 fully saturated rings. The Morgan fingerprint density at radius 1 is 1.25 bits per heavy atom. The van der Waals surface area contributed by atoms with Gasteiger partial charge in [0.1, 0.15) is 11.4 Å². The SMILES string of the molecule is CC(=N)/C=C(\C)c1cn(C)c(-c2nc(C(N)=O)cc3[nH]ccc23)n1.CCCC. The summed E-state index contributed by atoms with van der Waals surface area (Å²) in [5.41, 5.74) is 9.06. The molecule has 0 bridgehead atoms. The summed E-state index contributed by atoms with van der Waals surface area (Å²) in [5, 5.41) is 8.45. The highest BCUT2D eigenvalue weighted by molar-refractivity contribution is 5.99. The second-order valence-electron chi connectivity index (χ2n) is 6.73. The Morgan fingerprint density at radius 2 is 1.93 bits per heavy atom. The van der Waals surface area contributed by atoms with Crippen LogP contribution in [-0.2, 0) is 7.05 Å². The molecule has 7 nitrogen and oxygen atoms in total. The van der Waals surface area contributed by atoms with Crippen molar-refractivity contribution in [1.29, 1.82) is 5.41 Å². The monoisotopic (exact) mass is 380 g/mol. The highest BCUT2D eigenvalue weighted by atomic mass is 16.1. The first-order valence-corrected chi connectivity index (χ1v) is 9.33. The molecular weight excluding hydrogens is 352 g/mol. The number of carbonyl (C=O) groups excluding carboxylic acids is 1. The fraction of sp³-hybridized carbons (Fsp3) is 0.333. The van der Waals surface area contributed by atoms with Gasteiger partial charge in [-0.1, -0.05) is 26.7 Å². The molecule has 3 aromatic rings. The second kappa shape index (κ2) is 9.12. The van der Waals surface area contributed by atoms with E-state index in [9.17, 15) is 4.79 Å². The van der Waals surface area contributed by atoms with Gasteiger partial charge in [-0.25, -0.2) is 9.97 Å². The Bertz CT molecular complexity index is 1020. The number of hydrogen-bond donors (Lipinski definition) is 3. The number of rotatable bonds is 5. The predicted molar refractivity (Wildman–Crippen MR) is 114 cm³/mol. The number of aryl methyl sites for hydroxylation is 1. The minimum atomic E-state index is -0.585. The van der Waals surface area contributed by atoms with E-state index in [2.05, 4.69) is 28.8 Å². The molecule has 4 N–H and O–H groups in total. The Kier molecular flexibility index (Phi) is 6.87. The van der Waals surface area contributed by atoms with Crippen LogP contribution in [-0.4, -0.2) is 31.1 Å². The number of amides is 1. The molecule has 3 heterocycles. The third kappa shape index (κ3) is 4.73. The molecule has 0 unspecified atom stereocenters. The zero-order valence-electron chi connectivity index (χ0n) is 17.1. The van der Waals surface area contributed by atoms with Crippen LogP contribution in [0.4, 0.5) is 0 Å². The van der Waals surface area contributed by atoms with Crippen LogP contribution in [0.25, 0.3) is 28.0 Å². The van der Waals surface area contributed by atoms with E-state index in [1.54, 1.807) is 25.3 Å². The van der Waals surface area contributed by atoms with E-state index < -0.39 is 5.91 Å². The smallest absolute Gasteiger partial charge is 0.267 e. The van der Waals surface area contributed by atoms with Crippen LogP contribution in [0.5, 0.6) is 0 Å². The number of unbranched alkanes of at least 4 members (excludes halogenated alkanes) is 1. The highest BCUT2D eigenvalue weighted by Crippen LogP contribution is 2.27. The lowest BCUT2D eigenvalue weighted by Gasteiger charge is -2.05. The third-order valence-corrected chi connectivity index (χ3v) is 4.23. The first kappa shape index (κ1) is 21.1. The number of fused-ring (bicyclic) bond motifs is 1. The summed E-state index contributed by atoms with van der Waals surface area (Å²) in [6.07, 6.45) is 8.06. The molecule has 0 spiro atoms. The average molecular weight is 380 g/mol. The van der Waals surface area contributed by atoms with Crippen LogP contribution < -0.4 is 5.73 Å². The van der Waals surface area contributed by atoms with Gasteiger partial charge in [-0.05, 0) is 37.6 Å². The van der Waals surface area contributed by atoms with Gasteiger partial charge in [0.25, 0.3) is 5.91 Å². The summed E-state index contributed by atoms with van der Waals surface area (Å²) in [7, 11) is 1.87. The molecular formula is C21H28N6O. The quantitative estimate of drug-likeness (QED) is 0.573. The zero-order chi connectivity index (χ0) is 20.8. The number of hydrogen-bond acceptors (Lipinski definition) is 4. The molecule has 3 aromatic heterocycles. The van der Waals surface area contributed by atoms with Crippen molar-refractivity contribution >= 4 is 28.1 Å². The van der Waals surface area contributed by atoms with E-state index in [-0.39, 0.29) is 5.69 Å². The van der Waals surface area contributed by atoms with E-state index >= 15 is 0 Å². The fourth-order valence-corrected chi connectivity index (χ4v) is 2.63. The average Bonchev–Trinajstić information content (AvgIpc) is 3.27. The van der Waals surface area contributed by atoms with Gasteiger partial charge < -0.3 is 20.7 Å². The molecule has 0 aliphatic heterocycles. The van der Waals surface area contributed by atoms with E-state index in [4.69, 9.17) is 11.1 Å². The van der Waals surface area contributed by atoms with Crippen molar-refractivity contribution in [2.75, 3.05) is 0 Å². The van der Waals surface area contributed by atoms with Crippen molar-refractivity contribution < 1.29 is 4.79 Å². The van der Waals surface area contributed by atoms with E-state index in [0.717, 1.165) is 22.2 Å². The van der Waals surface area contributed by atoms with Crippen LogP contribution in [0, 0.1) is 5.41 Å². The first-order valence-electron chi connectivity index (χ1n) is 9.33. The Morgan fingerprint density at radius 3 is 2.50 bits per heavy atom. The lowest BCUT2D eigenvalue weighted by atomic mass is 10.2. The number of allylic oxidation sites excluding steroid dienone is 2. The molecule has 0 aromatic carbocycles. The number of imidazole rings is 1. The number of nitrogens with zero attached hydrogens (tertiary/aromatic N) is 3. The number of pyridine rings is 1. The number of carbonyl (C=O) groups is 1. The molecule has 0 saturated heterocycles. The largest absolute Gasteiger partial charge is 0.364 e. The van der Waals surface area contributed by atoms with Gasteiger partial charge in [-0.2, -0.15) is 0 Å². The second-order valence-corrected chi connectivity index (χ2v) is 6.73. The van der Waals surface area contributed by atoms with E-state index in [0.29, 0.717) is 17.2 Å². The number of H-pyrrole nitrogens is 1. The first-order chi connectivity index (χ1) is 13.3. The molecule has 0 aliphatic rings. The molecule has 7 heteroatoms. The van der Waals surface area contributed by atoms with Crippen molar-refractivity contribution in [3.63, 3.8) is 0 Å². The number of nitrogens with one attached hydrogen (secondary N) is 2. The number of primary amides is 1. The topological polar surface area (TPSA) is 113 Å². The van der Waals surface area contributed by atoms with Crippen molar-refractivity contribution in [2.45, 2.75) is 40.5 Å². The van der Waals surface area contributed by atoms with E-state index in [1.807, 2.05) is 30.8 Å². The van der Waals surface area contributed by atoms with Crippen molar-refractivity contribution in [3.05, 3.63) is 42.0 Å². The predicted octanol–water partition coefficient (Wildman–Crippen LogP) is 4.31. The summed E-state index contributed by atoms with van der Waals surface area (Å²) in [5.74, 6) is 0.0470. The fourth-order valence-electron chi connectivity index (χ4n) is 2.63. The van der Waals surface area contributed by atoms with Gasteiger partial charge in [0.05, 0.1) is 11.2 Å². The Hall–Kier alpha value is -3.22. The molecule has 28 heavy (non-hydrogen) atoms. The maximum absolute atomic E-state index is 11.6. The normalized spacial score (nSPS) is 11.2. The molecule has 0 aliphatic carbocycles. The van der Waals surface area contributed by atoms with Gasteiger partial charge in [-0.3, -0.25) is 4.79 Å². The lowest BCUT2D eigenvalue weighted by molar-refractivity contribution is 0.0996. The van der Waals surface area contributed by atoms with Gasteiger partial charge in [0, 0.05) is 30.5 Å². The third-order valence-electron chi connectivity index (χ3n) is 4.23. The minimum absolute atomic E-state index is 0.187. The van der Waals surface area contributed by atoms with Crippen LogP contribution >= 0.6 is 0 Å². The summed E-state index contributed by atoms with van der Waals surface area (Å²) in [6, 6.07) is 3.52. The van der Waals surface area contributed by atoms with Crippen LogP contribution in [0.15, 0.2) is 30.6 Å². The Labute approximate surface area is 165 Å². The number of aromatic nitrogens is 4. The number of aromatic amines is 1. The Balaban J connectivity index is 0.000000640. The molecule has 148 valence electrons. The molecule has 0 radical (unpaired) electrons. The van der Waals surface area contributed by atoms with Gasteiger partial charge in [-0.15, -0.1) is 0 Å². The van der Waals surface area contributed by atoms with Crippen LogP contribution in [0.1, 0.15) is 56.7 Å². The summed E-state index contributed by atoms with van der Waals surface area (Å²) in [6.45, 7) is 7.98.